The Morgan fingerprint density at radius 3 is 2.06 bits per heavy atom. The van der Waals surface area contributed by atoms with Crippen LogP contribution in [0.25, 0.3) is 10.9 Å². The Balaban J connectivity index is 1.12. The fourth-order valence-electron chi connectivity index (χ4n) is 5.14. The molecule has 3 N–H and O–H groups in total. The van der Waals surface area contributed by atoms with E-state index in [4.69, 9.17) is 28.8 Å². The van der Waals surface area contributed by atoms with Crippen LogP contribution in [0.1, 0.15) is 38.5 Å². The molecule has 1 aromatic heterocycles. The Kier molecular flexibility index (Phi) is 12.7. The summed E-state index contributed by atoms with van der Waals surface area (Å²) in [7, 11) is 1.51. The van der Waals surface area contributed by atoms with Gasteiger partial charge >= 0.3 is 5.97 Å². The van der Waals surface area contributed by atoms with Gasteiger partial charge in [-0.15, -0.1) is 0 Å². The van der Waals surface area contributed by atoms with Gasteiger partial charge in [0.15, 0.2) is 23.1 Å². The molecule has 1 aliphatic carbocycles. The molecule has 51 heavy (non-hydrogen) atoms. The number of halogens is 2. The SMILES string of the molecule is COc1cc2c(Oc3ccc(NC(=O)C4(C(=O)Nc5ccc(F)cc5)CC4)cc3F)ccnc2cc1OCCCCOCCCCOCC(=O)O. The zero-order chi connectivity index (χ0) is 36.2. The van der Waals surface area contributed by atoms with Crippen LogP contribution in [0.4, 0.5) is 20.2 Å². The molecule has 0 unspecified atom stereocenters. The highest BCUT2D eigenvalue weighted by Gasteiger charge is 2.56. The number of ether oxygens (including phenoxy) is 5. The number of carbonyl (C=O) groups is 3. The first-order chi connectivity index (χ1) is 24.7. The van der Waals surface area contributed by atoms with Crippen molar-refractivity contribution < 1.29 is 52.0 Å². The van der Waals surface area contributed by atoms with E-state index in [9.17, 15) is 18.8 Å². The number of anilines is 2. The van der Waals surface area contributed by atoms with Gasteiger partial charge in [-0.25, -0.2) is 13.6 Å². The molecule has 0 radical (unpaired) electrons. The van der Waals surface area contributed by atoms with Crippen LogP contribution in [-0.4, -0.2) is 68.0 Å². The molecule has 0 aliphatic heterocycles. The molecule has 0 bridgehead atoms. The lowest BCUT2D eigenvalue weighted by molar-refractivity contribution is -0.142. The molecule has 4 aromatic rings. The number of aromatic nitrogens is 1. The number of nitrogens with zero attached hydrogens (tertiary/aromatic N) is 1. The standard InChI is InChI=1S/C37H39F2N3O9/c1-47-32-21-27-29(22-33(32)50-19-5-4-17-48-16-2-3-18-49-23-34(43)44)40-15-12-30(27)51-31-11-10-26(20-28(31)39)42-36(46)37(13-14-37)35(45)41-25-8-6-24(38)7-9-25/h6-12,15,20-22H,2-5,13-14,16-19,23H2,1H3,(H,41,45)(H,42,46)(H,43,44). The number of pyridine rings is 1. The summed E-state index contributed by atoms with van der Waals surface area (Å²) in [6.07, 6.45) is 5.21. The predicted molar refractivity (Wildman–Crippen MR) is 183 cm³/mol. The lowest BCUT2D eigenvalue weighted by atomic mass is 10.0. The van der Waals surface area contributed by atoms with E-state index < -0.39 is 34.8 Å². The summed E-state index contributed by atoms with van der Waals surface area (Å²) >= 11 is 0. The lowest BCUT2D eigenvalue weighted by Crippen LogP contribution is -2.35. The molecule has 14 heteroatoms. The smallest absolute Gasteiger partial charge is 0.329 e. The van der Waals surface area contributed by atoms with E-state index in [-0.39, 0.29) is 18.0 Å². The molecule has 5 rings (SSSR count). The van der Waals surface area contributed by atoms with Crippen molar-refractivity contribution in [1.29, 1.82) is 0 Å². The zero-order valence-corrected chi connectivity index (χ0v) is 28.0. The number of carboxylic acids is 1. The van der Waals surface area contributed by atoms with Crippen molar-refractivity contribution in [2.24, 2.45) is 5.41 Å². The minimum atomic E-state index is -1.30. The summed E-state index contributed by atoms with van der Waals surface area (Å²) in [5, 5.41) is 14.4. The topological polar surface area (TPSA) is 155 Å². The summed E-state index contributed by atoms with van der Waals surface area (Å²) in [5.74, 6) is -2.09. The first-order valence-electron chi connectivity index (χ1n) is 16.5. The van der Waals surface area contributed by atoms with Gasteiger partial charge in [-0.05, 0) is 87.1 Å². The van der Waals surface area contributed by atoms with Crippen molar-refractivity contribution in [3.8, 4) is 23.0 Å². The fraction of sp³-hybridized carbons (Fsp3) is 0.351. The molecule has 1 heterocycles. The molecule has 0 atom stereocenters. The molecule has 0 spiro atoms. The molecule has 0 saturated heterocycles. The van der Waals surface area contributed by atoms with Crippen LogP contribution < -0.4 is 24.8 Å². The Hall–Kier alpha value is -5.34. The number of unbranched alkanes of at least 4 members (excludes halogenated alkanes) is 2. The minimum Gasteiger partial charge on any atom is -0.493 e. The van der Waals surface area contributed by atoms with Gasteiger partial charge in [0.25, 0.3) is 0 Å². The van der Waals surface area contributed by atoms with Crippen LogP contribution in [0.3, 0.4) is 0 Å². The number of benzene rings is 3. The van der Waals surface area contributed by atoms with Gasteiger partial charge in [0.1, 0.15) is 23.6 Å². The van der Waals surface area contributed by atoms with Gasteiger partial charge in [0, 0.05) is 54.9 Å². The Labute approximate surface area is 293 Å². The summed E-state index contributed by atoms with van der Waals surface area (Å²) in [4.78, 5) is 40.8. The summed E-state index contributed by atoms with van der Waals surface area (Å²) in [6, 6.07) is 14.2. The maximum atomic E-state index is 15.3. The largest absolute Gasteiger partial charge is 0.493 e. The van der Waals surface area contributed by atoms with Crippen molar-refractivity contribution in [3.05, 3.63) is 78.5 Å². The molecule has 3 aromatic carbocycles. The molecule has 12 nitrogen and oxygen atoms in total. The van der Waals surface area contributed by atoms with Crippen molar-refractivity contribution in [2.75, 3.05) is 50.8 Å². The monoisotopic (exact) mass is 707 g/mol. The second-order valence-corrected chi connectivity index (χ2v) is 11.9. The predicted octanol–water partition coefficient (Wildman–Crippen LogP) is 6.73. The van der Waals surface area contributed by atoms with E-state index in [0.29, 0.717) is 73.1 Å². The van der Waals surface area contributed by atoms with Crippen LogP contribution >= 0.6 is 0 Å². The number of hydrogen-bond donors (Lipinski definition) is 3. The lowest BCUT2D eigenvalue weighted by Gasteiger charge is -2.16. The maximum Gasteiger partial charge on any atom is 0.329 e. The van der Waals surface area contributed by atoms with Gasteiger partial charge in [0.05, 0.1) is 19.2 Å². The van der Waals surface area contributed by atoms with Gasteiger partial charge in [-0.1, -0.05) is 0 Å². The quantitative estimate of drug-likeness (QED) is 0.0666. The normalized spacial score (nSPS) is 13.0. The fourth-order valence-corrected chi connectivity index (χ4v) is 5.14. The van der Waals surface area contributed by atoms with Crippen LogP contribution in [0.15, 0.2) is 66.9 Å². The highest BCUT2D eigenvalue weighted by atomic mass is 19.1. The third kappa shape index (κ3) is 10.1. The van der Waals surface area contributed by atoms with E-state index >= 15 is 4.39 Å². The minimum absolute atomic E-state index is 0.0938. The summed E-state index contributed by atoms with van der Waals surface area (Å²) in [6.45, 7) is 1.65. The number of fused-ring (bicyclic) bond motifs is 1. The van der Waals surface area contributed by atoms with Crippen LogP contribution in [0, 0.1) is 17.0 Å². The number of aliphatic carboxylic acids is 1. The first-order valence-corrected chi connectivity index (χ1v) is 16.5. The summed E-state index contributed by atoms with van der Waals surface area (Å²) < 4.78 is 56.5. The molecule has 1 saturated carbocycles. The average molecular weight is 708 g/mol. The first kappa shape index (κ1) is 36.9. The van der Waals surface area contributed by atoms with Gasteiger partial charge in [-0.3, -0.25) is 14.6 Å². The van der Waals surface area contributed by atoms with Crippen molar-refractivity contribution in [2.45, 2.75) is 38.5 Å². The van der Waals surface area contributed by atoms with Crippen LogP contribution in [0.2, 0.25) is 0 Å². The highest BCUT2D eigenvalue weighted by Crippen LogP contribution is 2.47. The number of methoxy groups -OCH3 is 1. The molecule has 1 aliphatic rings. The maximum absolute atomic E-state index is 15.3. The van der Waals surface area contributed by atoms with E-state index in [2.05, 4.69) is 15.6 Å². The molecule has 270 valence electrons. The molecule has 2 amide bonds. The highest BCUT2D eigenvalue weighted by molar-refractivity contribution is 6.16. The van der Waals surface area contributed by atoms with Gasteiger partial charge < -0.3 is 39.4 Å². The third-order valence-electron chi connectivity index (χ3n) is 8.11. The molecular formula is C37H39F2N3O9. The van der Waals surface area contributed by atoms with E-state index in [0.717, 1.165) is 31.7 Å². The Bertz CT molecular complexity index is 1830. The van der Waals surface area contributed by atoms with E-state index in [1.807, 2.05) is 0 Å². The zero-order valence-electron chi connectivity index (χ0n) is 28.0. The number of carbonyl (C=O) groups excluding carboxylic acids is 2. The number of amides is 2. The summed E-state index contributed by atoms with van der Waals surface area (Å²) in [5.41, 5.74) is -0.239. The number of nitrogens with one attached hydrogen (secondary N) is 2. The molecular weight excluding hydrogens is 668 g/mol. The van der Waals surface area contributed by atoms with Gasteiger partial charge in [-0.2, -0.15) is 0 Å². The number of carboxylic acid groups (broad SMARTS) is 1. The third-order valence-corrected chi connectivity index (χ3v) is 8.11. The number of hydrogen-bond acceptors (Lipinski definition) is 9. The van der Waals surface area contributed by atoms with Gasteiger partial charge in [0.2, 0.25) is 11.8 Å². The Morgan fingerprint density at radius 1 is 0.765 bits per heavy atom. The van der Waals surface area contributed by atoms with E-state index in [1.54, 1.807) is 18.2 Å². The second-order valence-electron chi connectivity index (χ2n) is 11.9. The van der Waals surface area contributed by atoms with Crippen LogP contribution in [-0.2, 0) is 23.9 Å². The molecule has 1 fully saturated rings. The van der Waals surface area contributed by atoms with E-state index in [1.165, 1.54) is 49.7 Å². The average Bonchev–Trinajstić information content (AvgIpc) is 3.93. The van der Waals surface area contributed by atoms with Crippen molar-refractivity contribution >= 4 is 40.1 Å². The van der Waals surface area contributed by atoms with Crippen molar-refractivity contribution in [3.63, 3.8) is 0 Å². The van der Waals surface area contributed by atoms with Crippen LogP contribution in [0.5, 0.6) is 23.0 Å². The second kappa shape index (κ2) is 17.5. The number of rotatable bonds is 20. The van der Waals surface area contributed by atoms with Crippen molar-refractivity contribution in [1.82, 2.24) is 4.98 Å². The Morgan fingerprint density at radius 2 is 1.41 bits per heavy atom.